The lowest BCUT2D eigenvalue weighted by atomic mass is 9.93. The standard InChI is InChI=1S/C25H23F2N3O3/c1-14-12-20-22(25(33)29(14)3)19-7-5-4-6-18(19)15(2)24(32)30(20)13-21(31)28-17-10-8-16(9-11-17)23(26)27/h4-12,15,23H,13H2,1-3H3,(H,28,31)/t15-/m1/s1. The zero-order valence-electron chi connectivity index (χ0n) is 18.4. The first-order valence-electron chi connectivity index (χ1n) is 10.5. The Morgan fingerprint density at radius 1 is 1.09 bits per heavy atom. The fourth-order valence-electron chi connectivity index (χ4n) is 4.08. The second kappa shape index (κ2) is 8.61. The molecule has 3 aromatic rings. The molecule has 0 saturated carbocycles. The summed E-state index contributed by atoms with van der Waals surface area (Å²) >= 11 is 0. The zero-order valence-corrected chi connectivity index (χ0v) is 18.4. The van der Waals surface area contributed by atoms with Crippen LogP contribution in [-0.2, 0) is 16.6 Å². The number of anilines is 2. The predicted molar refractivity (Wildman–Crippen MR) is 123 cm³/mol. The third kappa shape index (κ3) is 4.04. The molecule has 8 heteroatoms. The molecule has 0 fully saturated rings. The van der Waals surface area contributed by atoms with Gasteiger partial charge in [-0.3, -0.25) is 14.4 Å². The van der Waals surface area contributed by atoms with E-state index in [-0.39, 0.29) is 23.6 Å². The van der Waals surface area contributed by atoms with E-state index in [2.05, 4.69) is 5.32 Å². The Balaban J connectivity index is 1.74. The fraction of sp³-hybridized carbons (Fsp3) is 0.240. The van der Waals surface area contributed by atoms with Crippen molar-refractivity contribution in [2.75, 3.05) is 16.8 Å². The minimum atomic E-state index is -2.60. The number of nitrogens with one attached hydrogen (secondary N) is 1. The number of rotatable bonds is 4. The Kier molecular flexibility index (Phi) is 5.84. The van der Waals surface area contributed by atoms with Gasteiger partial charge in [0.15, 0.2) is 0 Å². The molecule has 1 aliphatic heterocycles. The van der Waals surface area contributed by atoms with Gasteiger partial charge in [-0.15, -0.1) is 0 Å². The molecule has 0 radical (unpaired) electrons. The van der Waals surface area contributed by atoms with E-state index < -0.39 is 18.3 Å². The molecule has 0 bridgehead atoms. The van der Waals surface area contributed by atoms with Crippen LogP contribution >= 0.6 is 0 Å². The van der Waals surface area contributed by atoms with Crippen LogP contribution < -0.4 is 15.8 Å². The normalized spacial score (nSPS) is 15.2. The lowest BCUT2D eigenvalue weighted by Gasteiger charge is -2.25. The molecule has 6 nitrogen and oxygen atoms in total. The molecule has 170 valence electrons. The van der Waals surface area contributed by atoms with Crippen LogP contribution in [0, 0.1) is 6.92 Å². The minimum Gasteiger partial charge on any atom is -0.325 e. The van der Waals surface area contributed by atoms with Gasteiger partial charge in [0.2, 0.25) is 11.8 Å². The Bertz CT molecular complexity index is 1300. The maximum atomic E-state index is 13.4. The van der Waals surface area contributed by atoms with Gasteiger partial charge in [0.25, 0.3) is 12.0 Å². The summed E-state index contributed by atoms with van der Waals surface area (Å²) in [5.41, 5.74) is 2.70. The van der Waals surface area contributed by atoms with Crippen LogP contribution in [-0.4, -0.2) is 22.9 Å². The van der Waals surface area contributed by atoms with Crippen LogP contribution in [0.5, 0.6) is 0 Å². The number of nitrogens with zero attached hydrogens (tertiary/aromatic N) is 2. The average Bonchev–Trinajstić information content (AvgIpc) is 2.87. The topological polar surface area (TPSA) is 71.4 Å². The molecule has 2 amide bonds. The largest absolute Gasteiger partial charge is 0.325 e. The van der Waals surface area contributed by atoms with Gasteiger partial charge in [-0.25, -0.2) is 8.78 Å². The first kappa shape index (κ1) is 22.4. The highest BCUT2D eigenvalue weighted by atomic mass is 19.3. The van der Waals surface area contributed by atoms with Crippen molar-refractivity contribution in [3.05, 3.63) is 81.8 Å². The molecule has 1 aliphatic rings. The lowest BCUT2D eigenvalue weighted by Crippen LogP contribution is -2.40. The molecule has 2 heterocycles. The van der Waals surface area contributed by atoms with Crippen molar-refractivity contribution in [1.82, 2.24) is 4.57 Å². The number of carbonyl (C=O) groups is 2. The van der Waals surface area contributed by atoms with E-state index in [1.165, 1.54) is 33.7 Å². The molecule has 4 rings (SSSR count). The number of hydrogen-bond acceptors (Lipinski definition) is 3. The van der Waals surface area contributed by atoms with E-state index in [4.69, 9.17) is 0 Å². The summed E-state index contributed by atoms with van der Waals surface area (Å²) in [5, 5.41) is 2.64. The highest BCUT2D eigenvalue weighted by Crippen LogP contribution is 2.39. The van der Waals surface area contributed by atoms with Crippen LogP contribution in [0.15, 0.2) is 59.4 Å². The molecule has 1 atom stereocenters. The molecule has 0 spiro atoms. The second-order valence-corrected chi connectivity index (χ2v) is 8.11. The number of fused-ring (bicyclic) bond motifs is 3. The van der Waals surface area contributed by atoms with Crippen LogP contribution in [0.2, 0.25) is 0 Å². The first-order valence-corrected chi connectivity index (χ1v) is 10.5. The molecule has 0 aliphatic carbocycles. The van der Waals surface area contributed by atoms with E-state index in [9.17, 15) is 23.2 Å². The maximum Gasteiger partial charge on any atom is 0.263 e. The number of benzene rings is 2. The van der Waals surface area contributed by atoms with Crippen LogP contribution in [0.1, 0.15) is 36.1 Å². The Morgan fingerprint density at radius 3 is 2.42 bits per heavy atom. The van der Waals surface area contributed by atoms with Gasteiger partial charge >= 0.3 is 0 Å². The van der Waals surface area contributed by atoms with E-state index in [0.717, 1.165) is 5.56 Å². The molecule has 0 unspecified atom stereocenters. The number of hydrogen-bond donors (Lipinski definition) is 1. The number of aryl methyl sites for hydroxylation is 1. The average molecular weight is 451 g/mol. The van der Waals surface area contributed by atoms with Gasteiger partial charge in [0.05, 0.1) is 17.2 Å². The summed E-state index contributed by atoms with van der Waals surface area (Å²) in [7, 11) is 1.66. The van der Waals surface area contributed by atoms with E-state index in [1.807, 2.05) is 24.3 Å². The number of pyridine rings is 1. The quantitative estimate of drug-likeness (QED) is 0.640. The second-order valence-electron chi connectivity index (χ2n) is 8.11. The number of halogens is 2. The van der Waals surface area contributed by atoms with Crippen molar-refractivity contribution >= 4 is 23.2 Å². The third-order valence-electron chi connectivity index (χ3n) is 6.02. The number of aromatic nitrogens is 1. The van der Waals surface area contributed by atoms with Crippen molar-refractivity contribution < 1.29 is 18.4 Å². The van der Waals surface area contributed by atoms with Crippen molar-refractivity contribution in [3.8, 4) is 11.1 Å². The minimum absolute atomic E-state index is 0.150. The molecule has 1 N–H and O–H groups in total. The maximum absolute atomic E-state index is 13.4. The molecule has 33 heavy (non-hydrogen) atoms. The van der Waals surface area contributed by atoms with Gasteiger partial charge in [-0.2, -0.15) is 0 Å². The number of amides is 2. The van der Waals surface area contributed by atoms with Gasteiger partial charge in [0.1, 0.15) is 6.54 Å². The Morgan fingerprint density at radius 2 is 1.76 bits per heavy atom. The van der Waals surface area contributed by atoms with Gasteiger partial charge < -0.3 is 14.8 Å². The first-order chi connectivity index (χ1) is 15.7. The van der Waals surface area contributed by atoms with E-state index >= 15 is 0 Å². The SMILES string of the molecule is Cc1cc2c(c(=O)n1C)-c1ccccc1[C@@H](C)C(=O)N2CC(=O)Nc1ccc(C(F)F)cc1. The molecule has 1 aromatic heterocycles. The van der Waals surface area contributed by atoms with Gasteiger partial charge in [-0.1, -0.05) is 36.4 Å². The van der Waals surface area contributed by atoms with Crippen LogP contribution in [0.4, 0.5) is 20.2 Å². The predicted octanol–water partition coefficient (Wildman–Crippen LogP) is 4.39. The molecule has 2 aromatic carbocycles. The van der Waals surface area contributed by atoms with E-state index in [0.29, 0.717) is 28.2 Å². The molecule has 0 saturated heterocycles. The lowest BCUT2D eigenvalue weighted by molar-refractivity contribution is -0.122. The Labute approximate surface area is 189 Å². The third-order valence-corrected chi connectivity index (χ3v) is 6.02. The highest BCUT2D eigenvalue weighted by molar-refractivity contribution is 6.09. The summed E-state index contributed by atoms with van der Waals surface area (Å²) in [4.78, 5) is 40.9. The van der Waals surface area contributed by atoms with Crippen molar-refractivity contribution in [2.24, 2.45) is 7.05 Å². The van der Waals surface area contributed by atoms with Crippen molar-refractivity contribution in [3.63, 3.8) is 0 Å². The Hall–Kier alpha value is -3.81. The fourth-order valence-corrected chi connectivity index (χ4v) is 4.08. The van der Waals surface area contributed by atoms with E-state index in [1.54, 1.807) is 27.0 Å². The van der Waals surface area contributed by atoms with Crippen molar-refractivity contribution in [1.29, 1.82) is 0 Å². The summed E-state index contributed by atoms with van der Waals surface area (Å²) < 4.78 is 27.1. The summed E-state index contributed by atoms with van der Waals surface area (Å²) in [6.07, 6.45) is -2.60. The van der Waals surface area contributed by atoms with Crippen LogP contribution in [0.25, 0.3) is 11.1 Å². The monoisotopic (exact) mass is 451 g/mol. The number of carbonyl (C=O) groups excluding carboxylic acids is 2. The van der Waals surface area contributed by atoms with Crippen LogP contribution in [0.3, 0.4) is 0 Å². The molecular weight excluding hydrogens is 428 g/mol. The summed E-state index contributed by atoms with van der Waals surface area (Å²) in [6.45, 7) is 3.18. The summed E-state index contributed by atoms with van der Waals surface area (Å²) in [5.74, 6) is -1.38. The smallest absolute Gasteiger partial charge is 0.263 e. The molecular formula is C25H23F2N3O3. The highest BCUT2D eigenvalue weighted by Gasteiger charge is 2.34. The summed E-state index contributed by atoms with van der Waals surface area (Å²) in [6, 6.07) is 14.2. The van der Waals surface area contributed by atoms with Gasteiger partial charge in [-0.05, 0) is 43.2 Å². The number of alkyl halides is 2. The van der Waals surface area contributed by atoms with Crippen molar-refractivity contribution in [2.45, 2.75) is 26.2 Å². The zero-order chi connectivity index (χ0) is 23.9. The van der Waals surface area contributed by atoms with Gasteiger partial charge in [0, 0.05) is 24.0 Å².